The summed E-state index contributed by atoms with van der Waals surface area (Å²) in [6.07, 6.45) is 3.47. The first-order valence-electron chi connectivity index (χ1n) is 11.4. The lowest BCUT2D eigenvalue weighted by atomic mass is 9.86. The molecule has 2 aromatic carbocycles. The molecule has 3 aliphatic heterocycles. The fraction of sp³-hybridized carbons (Fsp3) is 0.440. The number of hydrogen-bond acceptors (Lipinski definition) is 4. The van der Waals surface area contributed by atoms with Crippen molar-refractivity contribution >= 4 is 11.7 Å². The monoisotopic (exact) mass is 436 g/mol. The maximum Gasteiger partial charge on any atom is 0.340 e. The molecule has 5 rings (SSSR count). The summed E-state index contributed by atoms with van der Waals surface area (Å²) in [5.74, 6) is 0.130. The van der Waals surface area contributed by atoms with Gasteiger partial charge in [0, 0.05) is 19.2 Å². The number of rotatable bonds is 5. The molecule has 2 atom stereocenters. The third-order valence-corrected chi connectivity index (χ3v) is 6.68. The summed E-state index contributed by atoms with van der Waals surface area (Å²) in [7, 11) is 1.83. The van der Waals surface area contributed by atoms with Crippen LogP contribution in [0.3, 0.4) is 0 Å². The highest BCUT2D eigenvalue weighted by Crippen LogP contribution is 2.42. The standard InChI is InChI=1S/C25H29FN4O2/c1-28(12-7-15-29-13-5-6-14-29)25(31)30-24(18-8-3-2-4-9-18)21-17-32-22-11-10-19(26)16-20(22)23(21)27-30/h2-4,8-11,16,21,24H,5-7,12-15,17H2,1H3/t21-,24+/m0/s1. The third-order valence-electron chi connectivity index (χ3n) is 6.68. The van der Waals surface area contributed by atoms with E-state index in [1.54, 1.807) is 16.0 Å². The van der Waals surface area contributed by atoms with Gasteiger partial charge < -0.3 is 14.5 Å². The van der Waals surface area contributed by atoms with Crippen LogP contribution in [0, 0.1) is 11.7 Å². The largest absolute Gasteiger partial charge is 0.492 e. The molecule has 168 valence electrons. The van der Waals surface area contributed by atoms with E-state index in [0.29, 0.717) is 24.5 Å². The Bertz CT molecular complexity index is 1010. The first-order chi connectivity index (χ1) is 15.6. The van der Waals surface area contributed by atoms with Crippen LogP contribution in [0.2, 0.25) is 0 Å². The number of carbonyl (C=O) groups excluding carboxylic acids is 1. The molecule has 1 saturated heterocycles. The van der Waals surface area contributed by atoms with Crippen molar-refractivity contribution in [2.45, 2.75) is 25.3 Å². The Kier molecular flexibility index (Phi) is 5.83. The van der Waals surface area contributed by atoms with Crippen molar-refractivity contribution in [1.29, 1.82) is 0 Å². The van der Waals surface area contributed by atoms with Gasteiger partial charge in [-0.05, 0) is 62.7 Å². The van der Waals surface area contributed by atoms with E-state index >= 15 is 0 Å². The molecule has 0 bridgehead atoms. The summed E-state index contributed by atoms with van der Waals surface area (Å²) in [5, 5.41) is 6.34. The molecule has 2 amide bonds. The summed E-state index contributed by atoms with van der Waals surface area (Å²) in [5.41, 5.74) is 2.35. The summed E-state index contributed by atoms with van der Waals surface area (Å²) >= 11 is 0. The topological polar surface area (TPSA) is 48.4 Å². The number of ether oxygens (including phenoxy) is 1. The maximum atomic E-state index is 14.0. The quantitative estimate of drug-likeness (QED) is 0.708. The Balaban J connectivity index is 1.40. The second kappa shape index (κ2) is 8.90. The van der Waals surface area contributed by atoms with Crippen molar-refractivity contribution in [2.75, 3.05) is 39.8 Å². The van der Waals surface area contributed by atoms with E-state index in [1.807, 2.05) is 37.4 Å². The number of amides is 2. The van der Waals surface area contributed by atoms with Gasteiger partial charge in [-0.3, -0.25) is 0 Å². The Morgan fingerprint density at radius 2 is 1.97 bits per heavy atom. The number of carbonyl (C=O) groups is 1. The van der Waals surface area contributed by atoms with Crippen molar-refractivity contribution in [3.05, 3.63) is 65.5 Å². The molecule has 7 heteroatoms. The molecule has 6 nitrogen and oxygen atoms in total. The molecule has 0 aliphatic carbocycles. The molecule has 0 spiro atoms. The van der Waals surface area contributed by atoms with Crippen molar-refractivity contribution in [1.82, 2.24) is 14.8 Å². The number of likely N-dealkylation sites (tertiary alicyclic amines) is 1. The van der Waals surface area contributed by atoms with E-state index in [0.717, 1.165) is 37.3 Å². The predicted octanol–water partition coefficient (Wildman–Crippen LogP) is 4.13. The van der Waals surface area contributed by atoms with Crippen LogP contribution in [0.5, 0.6) is 5.75 Å². The number of hydrazone groups is 1. The molecule has 0 radical (unpaired) electrons. The molecule has 3 heterocycles. The van der Waals surface area contributed by atoms with Crippen molar-refractivity contribution in [2.24, 2.45) is 11.0 Å². The van der Waals surface area contributed by atoms with Crippen LogP contribution in [-0.2, 0) is 0 Å². The molecular weight excluding hydrogens is 407 g/mol. The van der Waals surface area contributed by atoms with Gasteiger partial charge in [0.15, 0.2) is 0 Å². The van der Waals surface area contributed by atoms with Crippen molar-refractivity contribution in [3.8, 4) is 5.75 Å². The van der Waals surface area contributed by atoms with Crippen LogP contribution in [0.4, 0.5) is 9.18 Å². The number of urea groups is 1. The fourth-order valence-corrected chi connectivity index (χ4v) is 5.00. The number of benzene rings is 2. The zero-order valence-electron chi connectivity index (χ0n) is 18.4. The highest BCUT2D eigenvalue weighted by molar-refractivity contribution is 6.07. The van der Waals surface area contributed by atoms with Gasteiger partial charge in [-0.25, -0.2) is 14.2 Å². The van der Waals surface area contributed by atoms with Gasteiger partial charge in [-0.2, -0.15) is 5.10 Å². The molecule has 32 heavy (non-hydrogen) atoms. The average molecular weight is 437 g/mol. The van der Waals surface area contributed by atoms with E-state index in [9.17, 15) is 9.18 Å². The van der Waals surface area contributed by atoms with Gasteiger partial charge >= 0.3 is 6.03 Å². The van der Waals surface area contributed by atoms with Gasteiger partial charge in [0.1, 0.15) is 11.6 Å². The van der Waals surface area contributed by atoms with Crippen molar-refractivity contribution in [3.63, 3.8) is 0 Å². The van der Waals surface area contributed by atoms with E-state index in [2.05, 4.69) is 4.90 Å². The maximum absolute atomic E-state index is 14.0. The molecular formula is C25H29FN4O2. The average Bonchev–Trinajstić information content (AvgIpc) is 3.47. The van der Waals surface area contributed by atoms with E-state index < -0.39 is 0 Å². The molecule has 0 aromatic heterocycles. The summed E-state index contributed by atoms with van der Waals surface area (Å²) in [4.78, 5) is 17.7. The smallest absolute Gasteiger partial charge is 0.340 e. The lowest BCUT2D eigenvalue weighted by Crippen LogP contribution is -2.42. The predicted molar refractivity (Wildman–Crippen MR) is 121 cm³/mol. The van der Waals surface area contributed by atoms with Crippen LogP contribution in [0.15, 0.2) is 53.6 Å². The van der Waals surface area contributed by atoms with Gasteiger partial charge in [-0.15, -0.1) is 0 Å². The highest BCUT2D eigenvalue weighted by atomic mass is 19.1. The lowest BCUT2D eigenvalue weighted by molar-refractivity contribution is 0.132. The zero-order chi connectivity index (χ0) is 22.1. The van der Waals surface area contributed by atoms with E-state index in [1.165, 1.54) is 25.0 Å². The normalized spacial score (nSPS) is 22.2. The van der Waals surface area contributed by atoms with Gasteiger partial charge in [0.25, 0.3) is 0 Å². The molecule has 1 fully saturated rings. The Hall–Kier alpha value is -2.93. The van der Waals surface area contributed by atoms with Crippen LogP contribution < -0.4 is 4.74 Å². The number of hydrogen-bond donors (Lipinski definition) is 0. The minimum absolute atomic E-state index is 0.139. The Morgan fingerprint density at radius 1 is 1.19 bits per heavy atom. The van der Waals surface area contributed by atoms with Gasteiger partial charge in [0.05, 0.1) is 24.3 Å². The summed E-state index contributed by atoms with van der Waals surface area (Å²) in [6, 6.07) is 14.0. The Morgan fingerprint density at radius 3 is 2.75 bits per heavy atom. The first-order valence-corrected chi connectivity index (χ1v) is 11.4. The lowest BCUT2D eigenvalue weighted by Gasteiger charge is -2.31. The fourth-order valence-electron chi connectivity index (χ4n) is 5.00. The van der Waals surface area contributed by atoms with Crippen LogP contribution in [0.1, 0.15) is 36.4 Å². The number of halogens is 1. The summed E-state index contributed by atoms with van der Waals surface area (Å²) < 4.78 is 20.0. The highest BCUT2D eigenvalue weighted by Gasteiger charge is 2.45. The summed E-state index contributed by atoms with van der Waals surface area (Å²) in [6.45, 7) is 4.40. The minimum atomic E-state index is -0.337. The second-order valence-electron chi connectivity index (χ2n) is 8.85. The number of nitrogens with zero attached hydrogens (tertiary/aromatic N) is 4. The van der Waals surface area contributed by atoms with E-state index in [4.69, 9.17) is 9.84 Å². The van der Waals surface area contributed by atoms with Gasteiger partial charge in [-0.1, -0.05) is 30.3 Å². The van der Waals surface area contributed by atoms with Crippen LogP contribution >= 0.6 is 0 Å². The molecule has 0 unspecified atom stereocenters. The number of fused-ring (bicyclic) bond motifs is 3. The molecule has 2 aromatic rings. The molecule has 0 saturated carbocycles. The second-order valence-corrected chi connectivity index (χ2v) is 8.85. The van der Waals surface area contributed by atoms with E-state index in [-0.39, 0.29) is 23.8 Å². The molecule has 3 aliphatic rings. The zero-order valence-corrected chi connectivity index (χ0v) is 18.4. The minimum Gasteiger partial charge on any atom is -0.492 e. The van der Waals surface area contributed by atoms with Crippen LogP contribution in [0.25, 0.3) is 0 Å². The third kappa shape index (κ3) is 3.97. The first kappa shape index (κ1) is 20.9. The van der Waals surface area contributed by atoms with Crippen molar-refractivity contribution < 1.29 is 13.9 Å². The molecule has 0 N–H and O–H groups in total. The van der Waals surface area contributed by atoms with Crippen LogP contribution in [-0.4, -0.2) is 66.4 Å². The van der Waals surface area contributed by atoms with Gasteiger partial charge in [0.2, 0.25) is 0 Å². The SMILES string of the molecule is CN(CCCN1CCCC1)C(=O)N1N=C2c3cc(F)ccc3OC[C@@H]2[C@H]1c1ccccc1. The Labute approximate surface area is 188 Å².